The summed E-state index contributed by atoms with van der Waals surface area (Å²) in [6.07, 6.45) is 1.43. The molecule has 2 aromatic heterocycles. The van der Waals surface area contributed by atoms with Crippen LogP contribution >= 0.6 is 0 Å². The van der Waals surface area contributed by atoms with Crippen LogP contribution in [0.5, 0.6) is 0 Å². The predicted molar refractivity (Wildman–Crippen MR) is 62.8 cm³/mol. The maximum atomic E-state index is 13.7. The van der Waals surface area contributed by atoms with E-state index in [-0.39, 0.29) is 5.82 Å². The van der Waals surface area contributed by atoms with E-state index in [0.717, 1.165) is 5.39 Å². The van der Waals surface area contributed by atoms with Gasteiger partial charge in [0.2, 0.25) is 5.76 Å². The topological polar surface area (TPSA) is 57.0 Å². The number of fused-ring (bicyclic) bond motifs is 1. The zero-order valence-electron chi connectivity index (χ0n) is 9.14. The van der Waals surface area contributed by atoms with Gasteiger partial charge < -0.3 is 14.8 Å². The molecule has 1 aromatic carbocycles. The molecule has 2 N–H and O–H groups in total. The smallest absolute Gasteiger partial charge is 0.206 e. The molecule has 0 aliphatic rings. The van der Waals surface area contributed by atoms with E-state index in [2.05, 4.69) is 5.16 Å². The largest absolute Gasteiger partial charge is 0.394 e. The third-order valence-electron chi connectivity index (χ3n) is 2.84. The van der Waals surface area contributed by atoms with Gasteiger partial charge >= 0.3 is 0 Å². The molecule has 0 fully saturated rings. The van der Waals surface area contributed by atoms with Gasteiger partial charge in [-0.25, -0.2) is 4.39 Å². The summed E-state index contributed by atoms with van der Waals surface area (Å²) in [5.74, 6) is 0.192. The van der Waals surface area contributed by atoms with Crippen molar-refractivity contribution in [2.24, 2.45) is 7.05 Å². The van der Waals surface area contributed by atoms with E-state index in [1.807, 2.05) is 12.1 Å². The Morgan fingerprint density at radius 3 is 2.88 bits per heavy atom. The van der Waals surface area contributed by atoms with Gasteiger partial charge in [0.05, 0.1) is 17.4 Å². The number of benzene rings is 1. The minimum Gasteiger partial charge on any atom is -0.394 e. The summed E-state index contributed by atoms with van der Waals surface area (Å²) < 4.78 is 20.5. The Balaban J connectivity index is 2.36. The third-order valence-corrected chi connectivity index (χ3v) is 2.84. The molecule has 86 valence electrons. The monoisotopic (exact) mass is 231 g/mol. The first-order chi connectivity index (χ1) is 8.18. The summed E-state index contributed by atoms with van der Waals surface area (Å²) >= 11 is 0. The number of halogens is 1. The number of nitrogens with two attached hydrogens (primary N) is 1. The van der Waals surface area contributed by atoms with Crippen LogP contribution in [0.1, 0.15) is 0 Å². The second-order valence-corrected chi connectivity index (χ2v) is 3.88. The molecule has 0 bridgehead atoms. The lowest BCUT2D eigenvalue weighted by molar-refractivity contribution is 0.430. The van der Waals surface area contributed by atoms with Crippen molar-refractivity contribution in [3.05, 3.63) is 36.3 Å². The summed E-state index contributed by atoms with van der Waals surface area (Å²) in [5, 5.41) is 4.43. The lowest BCUT2D eigenvalue weighted by atomic mass is 10.2. The molecule has 5 heteroatoms. The number of nitrogen functional groups attached to an aromatic ring is 1. The van der Waals surface area contributed by atoms with Crippen LogP contribution in [0.25, 0.3) is 22.4 Å². The van der Waals surface area contributed by atoms with Gasteiger partial charge in [0, 0.05) is 12.4 Å². The molecule has 17 heavy (non-hydrogen) atoms. The summed E-state index contributed by atoms with van der Waals surface area (Å²) in [5.41, 5.74) is 7.41. The van der Waals surface area contributed by atoms with Crippen LogP contribution in [0.2, 0.25) is 0 Å². The Morgan fingerprint density at radius 2 is 2.24 bits per heavy atom. The summed E-state index contributed by atoms with van der Waals surface area (Å²) in [7, 11) is 1.77. The number of para-hydroxylation sites is 1. The van der Waals surface area contributed by atoms with Gasteiger partial charge in [0.25, 0.3) is 0 Å². The molecule has 0 aliphatic carbocycles. The lowest BCUT2D eigenvalue weighted by Gasteiger charge is -2.01. The molecule has 4 nitrogen and oxygen atoms in total. The Kier molecular flexibility index (Phi) is 1.95. The van der Waals surface area contributed by atoms with E-state index in [4.69, 9.17) is 10.3 Å². The molecule has 0 saturated carbocycles. The standard InChI is InChI=1S/C12H10FN3O/c1-16-10(12-9(14)6-15-17-12)5-7-3-2-4-8(13)11(7)16/h2-6H,14H2,1H3. The van der Waals surface area contributed by atoms with Crippen molar-refractivity contribution in [3.63, 3.8) is 0 Å². The molecule has 0 atom stereocenters. The van der Waals surface area contributed by atoms with Crippen molar-refractivity contribution >= 4 is 16.6 Å². The fourth-order valence-electron chi connectivity index (χ4n) is 2.03. The number of aromatic nitrogens is 2. The van der Waals surface area contributed by atoms with Gasteiger partial charge in [-0.05, 0) is 12.1 Å². The molecule has 0 aliphatic heterocycles. The highest BCUT2D eigenvalue weighted by Crippen LogP contribution is 2.31. The van der Waals surface area contributed by atoms with E-state index in [1.165, 1.54) is 12.3 Å². The highest BCUT2D eigenvalue weighted by molar-refractivity contribution is 5.88. The molecule has 0 unspecified atom stereocenters. The van der Waals surface area contributed by atoms with Crippen molar-refractivity contribution in [2.45, 2.75) is 0 Å². The maximum Gasteiger partial charge on any atom is 0.206 e. The van der Waals surface area contributed by atoms with Gasteiger partial charge in [-0.15, -0.1) is 0 Å². The van der Waals surface area contributed by atoms with Gasteiger partial charge in [-0.2, -0.15) is 0 Å². The van der Waals surface area contributed by atoms with Crippen LogP contribution in [-0.2, 0) is 7.05 Å². The lowest BCUT2D eigenvalue weighted by Crippen LogP contribution is -1.94. The Morgan fingerprint density at radius 1 is 1.41 bits per heavy atom. The quantitative estimate of drug-likeness (QED) is 0.700. The minimum absolute atomic E-state index is 0.269. The number of rotatable bonds is 1. The number of anilines is 1. The van der Waals surface area contributed by atoms with Crippen molar-refractivity contribution in [2.75, 3.05) is 5.73 Å². The van der Waals surface area contributed by atoms with Crippen LogP contribution < -0.4 is 5.73 Å². The summed E-state index contributed by atoms with van der Waals surface area (Å²) in [4.78, 5) is 0. The van der Waals surface area contributed by atoms with Crippen molar-refractivity contribution in [3.8, 4) is 11.5 Å². The van der Waals surface area contributed by atoms with Gasteiger partial charge in [0.15, 0.2) is 0 Å². The first kappa shape index (κ1) is 9.89. The number of aryl methyl sites for hydroxylation is 1. The van der Waals surface area contributed by atoms with Crippen LogP contribution in [-0.4, -0.2) is 9.72 Å². The molecule has 3 rings (SSSR count). The molecular weight excluding hydrogens is 221 g/mol. The first-order valence-electron chi connectivity index (χ1n) is 5.13. The van der Waals surface area contributed by atoms with Gasteiger partial charge in [-0.1, -0.05) is 17.3 Å². The molecule has 2 heterocycles. The zero-order chi connectivity index (χ0) is 12.0. The van der Waals surface area contributed by atoms with Crippen LogP contribution in [0.15, 0.2) is 35.0 Å². The number of nitrogens with zero attached hydrogens (tertiary/aromatic N) is 2. The summed E-state index contributed by atoms with van der Waals surface area (Å²) in [6, 6.07) is 6.77. The van der Waals surface area contributed by atoms with E-state index < -0.39 is 0 Å². The SMILES string of the molecule is Cn1c(-c2oncc2N)cc2cccc(F)c21. The predicted octanol–water partition coefficient (Wildman–Crippen LogP) is 2.55. The van der Waals surface area contributed by atoms with Gasteiger partial charge in [0.1, 0.15) is 11.5 Å². The Hall–Kier alpha value is -2.30. The van der Waals surface area contributed by atoms with Crippen molar-refractivity contribution in [1.82, 2.24) is 9.72 Å². The van der Waals surface area contributed by atoms with Crippen LogP contribution in [0, 0.1) is 5.82 Å². The molecule has 0 amide bonds. The fraction of sp³-hybridized carbons (Fsp3) is 0.0833. The maximum absolute atomic E-state index is 13.7. The number of hydrogen-bond acceptors (Lipinski definition) is 3. The van der Waals surface area contributed by atoms with E-state index >= 15 is 0 Å². The molecule has 0 spiro atoms. The molecule has 0 saturated heterocycles. The zero-order valence-corrected chi connectivity index (χ0v) is 9.14. The highest BCUT2D eigenvalue weighted by atomic mass is 19.1. The second-order valence-electron chi connectivity index (χ2n) is 3.88. The number of hydrogen-bond donors (Lipinski definition) is 1. The first-order valence-corrected chi connectivity index (χ1v) is 5.13. The average molecular weight is 231 g/mol. The van der Waals surface area contributed by atoms with E-state index in [0.29, 0.717) is 22.7 Å². The summed E-state index contributed by atoms with van der Waals surface area (Å²) in [6.45, 7) is 0. The normalized spacial score (nSPS) is 11.2. The fourth-order valence-corrected chi connectivity index (χ4v) is 2.03. The van der Waals surface area contributed by atoms with Crippen LogP contribution in [0.4, 0.5) is 10.1 Å². The average Bonchev–Trinajstić information content (AvgIpc) is 2.84. The molecule has 3 aromatic rings. The van der Waals surface area contributed by atoms with Crippen molar-refractivity contribution in [1.29, 1.82) is 0 Å². The van der Waals surface area contributed by atoms with Crippen molar-refractivity contribution < 1.29 is 8.91 Å². The Bertz CT molecular complexity index is 699. The van der Waals surface area contributed by atoms with Gasteiger partial charge in [-0.3, -0.25) is 0 Å². The molecule has 0 radical (unpaired) electrons. The van der Waals surface area contributed by atoms with E-state index in [9.17, 15) is 4.39 Å². The Labute approximate surface area is 96.4 Å². The second kappa shape index (κ2) is 3.35. The van der Waals surface area contributed by atoms with Crippen LogP contribution in [0.3, 0.4) is 0 Å². The molecular formula is C12H10FN3O. The third kappa shape index (κ3) is 1.32. The minimum atomic E-state index is -0.269. The van der Waals surface area contributed by atoms with E-state index in [1.54, 1.807) is 17.7 Å². The highest BCUT2D eigenvalue weighted by Gasteiger charge is 2.16.